The number of thiocarbonyl (C=S) groups is 1. The Bertz CT molecular complexity index is 116. The van der Waals surface area contributed by atoms with Gasteiger partial charge in [-0.3, -0.25) is 0 Å². The monoisotopic (exact) mass is 172 g/mol. The van der Waals surface area contributed by atoms with E-state index in [1.165, 1.54) is 19.3 Å². The Morgan fingerprint density at radius 1 is 1.18 bits per heavy atom. The second-order valence-corrected chi connectivity index (χ2v) is 4.48. The van der Waals surface area contributed by atoms with E-state index in [1.54, 1.807) is 0 Å². The van der Waals surface area contributed by atoms with Crippen molar-refractivity contribution in [2.75, 3.05) is 0 Å². The highest BCUT2D eigenvalue weighted by Gasteiger charge is 2.03. The molecule has 0 saturated heterocycles. The lowest BCUT2D eigenvalue weighted by Crippen LogP contribution is -2.04. The molecule has 0 fully saturated rings. The third-order valence-corrected chi connectivity index (χ3v) is 2.51. The molecular formula is C10H20S. The van der Waals surface area contributed by atoms with Gasteiger partial charge in [0.05, 0.1) is 0 Å². The van der Waals surface area contributed by atoms with Crippen molar-refractivity contribution >= 4 is 17.1 Å². The van der Waals surface area contributed by atoms with Crippen LogP contribution in [0.5, 0.6) is 0 Å². The van der Waals surface area contributed by atoms with Gasteiger partial charge in [0, 0.05) is 0 Å². The average molecular weight is 172 g/mol. The summed E-state index contributed by atoms with van der Waals surface area (Å²) in [6.45, 7) is 8.82. The zero-order valence-corrected chi connectivity index (χ0v) is 9.00. The standard InChI is InChI=1S/C10H20S/c1-8(2)6-5-7-9(3)10(4)11/h8-9H,5-7H2,1-4H3/t9-/m1/s1. The molecule has 0 aromatic carbocycles. The van der Waals surface area contributed by atoms with Crippen LogP contribution >= 0.6 is 12.2 Å². The van der Waals surface area contributed by atoms with Gasteiger partial charge in [-0.25, -0.2) is 0 Å². The van der Waals surface area contributed by atoms with E-state index in [9.17, 15) is 0 Å². The molecule has 0 spiro atoms. The minimum absolute atomic E-state index is 0.642. The van der Waals surface area contributed by atoms with Crippen LogP contribution < -0.4 is 0 Å². The lowest BCUT2D eigenvalue weighted by Gasteiger charge is -2.09. The maximum Gasteiger partial charge on any atom is -0.00743 e. The quantitative estimate of drug-likeness (QED) is 0.568. The molecule has 0 heterocycles. The van der Waals surface area contributed by atoms with Crippen molar-refractivity contribution in [3.63, 3.8) is 0 Å². The maximum absolute atomic E-state index is 5.10. The first kappa shape index (κ1) is 11.1. The molecular weight excluding hydrogens is 152 g/mol. The number of rotatable bonds is 5. The third-order valence-electron chi connectivity index (χ3n) is 2.11. The van der Waals surface area contributed by atoms with Crippen molar-refractivity contribution in [1.29, 1.82) is 0 Å². The van der Waals surface area contributed by atoms with E-state index in [0.29, 0.717) is 5.92 Å². The second kappa shape index (κ2) is 5.70. The number of hydrogen-bond acceptors (Lipinski definition) is 1. The van der Waals surface area contributed by atoms with Crippen LogP contribution in [0.3, 0.4) is 0 Å². The Morgan fingerprint density at radius 3 is 2.09 bits per heavy atom. The Hall–Kier alpha value is 0.0900. The van der Waals surface area contributed by atoms with Crippen LogP contribution in [0.2, 0.25) is 0 Å². The summed E-state index contributed by atoms with van der Waals surface area (Å²) in [5, 5.41) is 0. The van der Waals surface area contributed by atoms with Gasteiger partial charge in [-0.05, 0) is 30.0 Å². The lowest BCUT2D eigenvalue weighted by atomic mass is 9.98. The smallest absolute Gasteiger partial charge is 0.00743 e. The normalized spacial score (nSPS) is 13.5. The average Bonchev–Trinajstić information content (AvgIpc) is 1.86. The molecule has 1 heteroatoms. The van der Waals surface area contributed by atoms with Crippen molar-refractivity contribution in [2.45, 2.75) is 47.0 Å². The fraction of sp³-hybridized carbons (Fsp3) is 0.900. The summed E-state index contributed by atoms with van der Waals surface area (Å²) in [5.74, 6) is 1.48. The molecule has 0 bridgehead atoms. The third kappa shape index (κ3) is 6.49. The summed E-state index contributed by atoms with van der Waals surface area (Å²) in [6.07, 6.45) is 3.94. The van der Waals surface area contributed by atoms with Crippen LogP contribution in [0.25, 0.3) is 0 Å². The zero-order valence-electron chi connectivity index (χ0n) is 8.18. The van der Waals surface area contributed by atoms with E-state index < -0.39 is 0 Å². The number of hydrogen-bond donors (Lipinski definition) is 0. The topological polar surface area (TPSA) is 0 Å². The predicted octanol–water partition coefficient (Wildman–Crippen LogP) is 3.84. The van der Waals surface area contributed by atoms with Crippen molar-refractivity contribution in [2.24, 2.45) is 11.8 Å². The van der Waals surface area contributed by atoms with Crippen LogP contribution in [0.15, 0.2) is 0 Å². The van der Waals surface area contributed by atoms with Crippen LogP contribution in [-0.2, 0) is 0 Å². The highest BCUT2D eigenvalue weighted by molar-refractivity contribution is 7.80. The molecule has 0 aliphatic carbocycles. The summed E-state index contributed by atoms with van der Waals surface area (Å²) >= 11 is 5.10. The molecule has 0 aliphatic heterocycles. The van der Waals surface area contributed by atoms with E-state index in [0.717, 1.165) is 10.8 Å². The summed E-state index contributed by atoms with van der Waals surface area (Å²) in [7, 11) is 0. The predicted molar refractivity (Wildman–Crippen MR) is 56.1 cm³/mol. The van der Waals surface area contributed by atoms with Gasteiger partial charge in [-0.2, -0.15) is 0 Å². The molecule has 0 rings (SSSR count). The van der Waals surface area contributed by atoms with Crippen molar-refractivity contribution in [1.82, 2.24) is 0 Å². The van der Waals surface area contributed by atoms with E-state index in [2.05, 4.69) is 27.7 Å². The fourth-order valence-corrected chi connectivity index (χ4v) is 1.15. The molecule has 0 nitrogen and oxygen atoms in total. The molecule has 0 saturated carbocycles. The molecule has 0 unspecified atom stereocenters. The van der Waals surface area contributed by atoms with Crippen LogP contribution in [0.4, 0.5) is 0 Å². The summed E-state index contributed by atoms with van der Waals surface area (Å²) in [6, 6.07) is 0. The second-order valence-electron chi connectivity index (χ2n) is 3.84. The molecule has 0 aromatic rings. The Balaban J connectivity index is 3.31. The lowest BCUT2D eigenvalue weighted by molar-refractivity contribution is 0.512. The van der Waals surface area contributed by atoms with Gasteiger partial charge in [-0.15, -0.1) is 0 Å². The first-order chi connectivity index (χ1) is 5.04. The van der Waals surface area contributed by atoms with Gasteiger partial charge in [0.15, 0.2) is 0 Å². The van der Waals surface area contributed by atoms with Gasteiger partial charge in [-0.1, -0.05) is 45.8 Å². The maximum atomic E-state index is 5.10. The van der Waals surface area contributed by atoms with Crippen molar-refractivity contribution < 1.29 is 0 Å². The Kier molecular flexibility index (Phi) is 5.75. The first-order valence-electron chi connectivity index (χ1n) is 4.54. The van der Waals surface area contributed by atoms with E-state index in [-0.39, 0.29) is 0 Å². The van der Waals surface area contributed by atoms with Crippen LogP contribution in [-0.4, -0.2) is 4.86 Å². The van der Waals surface area contributed by atoms with Crippen LogP contribution in [0.1, 0.15) is 47.0 Å². The minimum Gasteiger partial charge on any atom is -0.0897 e. The summed E-state index contributed by atoms with van der Waals surface area (Å²) < 4.78 is 0. The zero-order chi connectivity index (χ0) is 8.85. The Labute approximate surface area is 76.4 Å². The van der Waals surface area contributed by atoms with Gasteiger partial charge in [0.1, 0.15) is 0 Å². The van der Waals surface area contributed by atoms with E-state index in [1.807, 2.05) is 0 Å². The molecule has 0 aliphatic rings. The summed E-state index contributed by atoms with van der Waals surface area (Å²) in [4.78, 5) is 1.16. The summed E-state index contributed by atoms with van der Waals surface area (Å²) in [5.41, 5.74) is 0. The SMILES string of the molecule is CC(=S)[C@H](C)CCCC(C)C. The van der Waals surface area contributed by atoms with Crippen LogP contribution in [0, 0.1) is 11.8 Å². The van der Waals surface area contributed by atoms with Gasteiger partial charge < -0.3 is 0 Å². The molecule has 11 heavy (non-hydrogen) atoms. The van der Waals surface area contributed by atoms with Gasteiger partial charge >= 0.3 is 0 Å². The van der Waals surface area contributed by atoms with Gasteiger partial charge in [0.2, 0.25) is 0 Å². The first-order valence-corrected chi connectivity index (χ1v) is 4.95. The molecule has 0 aromatic heterocycles. The van der Waals surface area contributed by atoms with E-state index >= 15 is 0 Å². The molecule has 0 N–H and O–H groups in total. The van der Waals surface area contributed by atoms with Crippen molar-refractivity contribution in [3.8, 4) is 0 Å². The molecule has 66 valence electrons. The minimum atomic E-state index is 0.642. The fourth-order valence-electron chi connectivity index (χ4n) is 1.04. The van der Waals surface area contributed by atoms with Crippen molar-refractivity contribution in [3.05, 3.63) is 0 Å². The largest absolute Gasteiger partial charge is 0.0897 e. The van der Waals surface area contributed by atoms with E-state index in [4.69, 9.17) is 12.2 Å². The molecule has 0 radical (unpaired) electrons. The van der Waals surface area contributed by atoms with Gasteiger partial charge in [0.25, 0.3) is 0 Å². The molecule has 1 atom stereocenters. The highest BCUT2D eigenvalue weighted by Crippen LogP contribution is 2.13. The molecule has 0 amide bonds. The highest BCUT2D eigenvalue weighted by atomic mass is 32.1. The Morgan fingerprint density at radius 2 is 1.73 bits per heavy atom.